The number of nitro groups is 1. The molecule has 2 aromatic rings. The molecule has 1 aromatic heterocycles. The minimum Gasteiger partial charge on any atom is -0.324 e. The molecule has 0 N–H and O–H groups in total. The van der Waals surface area contributed by atoms with E-state index < -0.39 is 16.4 Å². The van der Waals surface area contributed by atoms with E-state index in [0.29, 0.717) is 5.69 Å². The highest BCUT2D eigenvalue weighted by molar-refractivity contribution is 5.42. The maximum atomic E-state index is 13.2. The average Bonchev–Trinajstić information content (AvgIpc) is 2.69. The summed E-state index contributed by atoms with van der Waals surface area (Å²) in [6.07, 6.45) is 3.47. The summed E-state index contributed by atoms with van der Waals surface area (Å²) in [4.78, 5) is 9.64. The summed E-state index contributed by atoms with van der Waals surface area (Å²) in [7, 11) is 0. The van der Waals surface area contributed by atoms with Crippen LogP contribution >= 0.6 is 0 Å². The van der Waals surface area contributed by atoms with Crippen molar-refractivity contribution in [3.8, 4) is 5.69 Å². The summed E-state index contributed by atoms with van der Waals surface area (Å²) in [5.74, 6) is -0.828. The molecule has 0 fully saturated rings. The van der Waals surface area contributed by atoms with Gasteiger partial charge < -0.3 is 4.57 Å². The zero-order chi connectivity index (χ0) is 10.8. The molecule has 0 bridgehead atoms. The Balaban J connectivity index is 2.47. The monoisotopic (exact) mass is 206 g/mol. The highest BCUT2D eigenvalue weighted by Gasteiger charge is 2.13. The normalized spacial score (nSPS) is 10.2. The molecule has 0 aliphatic carbocycles. The van der Waals surface area contributed by atoms with Gasteiger partial charge in [-0.05, 0) is 18.2 Å². The molecule has 0 aliphatic rings. The summed E-state index contributed by atoms with van der Waals surface area (Å²) < 4.78 is 14.9. The van der Waals surface area contributed by atoms with Gasteiger partial charge in [-0.1, -0.05) is 0 Å². The van der Waals surface area contributed by atoms with Crippen LogP contribution in [0.15, 0.2) is 42.7 Å². The second-order valence-electron chi connectivity index (χ2n) is 2.98. The molecule has 0 unspecified atom stereocenters. The molecule has 0 radical (unpaired) electrons. The van der Waals surface area contributed by atoms with E-state index in [-0.39, 0.29) is 0 Å². The first-order valence-corrected chi connectivity index (χ1v) is 4.26. The van der Waals surface area contributed by atoms with Crippen LogP contribution in [0.3, 0.4) is 0 Å². The fourth-order valence-corrected chi connectivity index (χ4v) is 1.31. The van der Waals surface area contributed by atoms with Crippen LogP contribution in [0.25, 0.3) is 5.69 Å². The molecule has 5 heteroatoms. The summed E-state index contributed by atoms with van der Waals surface area (Å²) in [5.41, 5.74) is 0.0500. The summed E-state index contributed by atoms with van der Waals surface area (Å²) >= 11 is 0. The fourth-order valence-electron chi connectivity index (χ4n) is 1.31. The van der Waals surface area contributed by atoms with Crippen LogP contribution in [0.5, 0.6) is 0 Å². The van der Waals surface area contributed by atoms with E-state index in [0.717, 1.165) is 12.1 Å². The number of nitro benzene ring substituents is 1. The van der Waals surface area contributed by atoms with Gasteiger partial charge in [-0.2, -0.15) is 4.39 Å². The molecule has 0 spiro atoms. The van der Waals surface area contributed by atoms with Crippen LogP contribution < -0.4 is 0 Å². The molecule has 0 amide bonds. The Bertz CT molecular complexity index is 494. The zero-order valence-electron chi connectivity index (χ0n) is 7.63. The van der Waals surface area contributed by atoms with E-state index in [1.54, 1.807) is 29.1 Å². The van der Waals surface area contributed by atoms with Crippen molar-refractivity contribution in [2.45, 2.75) is 0 Å². The van der Waals surface area contributed by atoms with Gasteiger partial charge in [0.05, 0.1) is 4.92 Å². The number of hydrogen-bond donors (Lipinski definition) is 0. The maximum absolute atomic E-state index is 13.2. The van der Waals surface area contributed by atoms with Gasteiger partial charge in [0.1, 0.15) is 0 Å². The maximum Gasteiger partial charge on any atom is 0.304 e. The minimum atomic E-state index is -0.828. The Morgan fingerprint density at radius 1 is 1.27 bits per heavy atom. The van der Waals surface area contributed by atoms with E-state index in [9.17, 15) is 14.5 Å². The smallest absolute Gasteiger partial charge is 0.304 e. The number of benzene rings is 1. The Labute approximate surface area is 84.7 Å². The van der Waals surface area contributed by atoms with Crippen LogP contribution in [0.2, 0.25) is 0 Å². The fraction of sp³-hybridized carbons (Fsp3) is 0. The van der Waals surface area contributed by atoms with Crippen molar-refractivity contribution in [2.75, 3.05) is 0 Å². The van der Waals surface area contributed by atoms with Gasteiger partial charge >= 0.3 is 5.69 Å². The summed E-state index contributed by atoms with van der Waals surface area (Å²) in [6.45, 7) is 0. The average molecular weight is 206 g/mol. The third-order valence-corrected chi connectivity index (χ3v) is 2.03. The Morgan fingerprint density at radius 3 is 2.47 bits per heavy atom. The Kier molecular flexibility index (Phi) is 2.21. The topological polar surface area (TPSA) is 48.1 Å². The van der Waals surface area contributed by atoms with Crippen molar-refractivity contribution in [3.05, 3.63) is 58.7 Å². The van der Waals surface area contributed by atoms with Crippen LogP contribution in [0, 0.1) is 15.9 Å². The van der Waals surface area contributed by atoms with Crippen molar-refractivity contribution >= 4 is 5.69 Å². The highest BCUT2D eigenvalue weighted by atomic mass is 19.1. The van der Waals surface area contributed by atoms with E-state index >= 15 is 0 Å². The molecule has 1 heterocycles. The first-order chi connectivity index (χ1) is 7.18. The van der Waals surface area contributed by atoms with Gasteiger partial charge in [0.2, 0.25) is 5.82 Å². The van der Waals surface area contributed by atoms with Crippen molar-refractivity contribution < 1.29 is 9.31 Å². The van der Waals surface area contributed by atoms with E-state index in [4.69, 9.17) is 0 Å². The van der Waals surface area contributed by atoms with Crippen LogP contribution in [0.1, 0.15) is 0 Å². The number of rotatable bonds is 2. The molecule has 0 saturated heterocycles. The first-order valence-electron chi connectivity index (χ1n) is 4.26. The Morgan fingerprint density at radius 2 is 1.93 bits per heavy atom. The summed E-state index contributed by atoms with van der Waals surface area (Å²) in [6, 6.07) is 7.38. The largest absolute Gasteiger partial charge is 0.324 e. The molecule has 0 saturated carbocycles. The number of aromatic nitrogens is 1. The number of halogens is 1. The van der Waals surface area contributed by atoms with E-state index in [1.165, 1.54) is 6.07 Å². The summed E-state index contributed by atoms with van der Waals surface area (Å²) in [5, 5.41) is 10.4. The molecular formula is C10H7FN2O2. The predicted molar refractivity (Wildman–Crippen MR) is 52.4 cm³/mol. The van der Waals surface area contributed by atoms with Gasteiger partial charge in [0.25, 0.3) is 0 Å². The molecule has 4 nitrogen and oxygen atoms in total. The molecule has 76 valence electrons. The van der Waals surface area contributed by atoms with Gasteiger partial charge in [-0.3, -0.25) is 10.1 Å². The van der Waals surface area contributed by atoms with Gasteiger partial charge in [-0.25, -0.2) is 0 Å². The third kappa shape index (κ3) is 1.71. The van der Waals surface area contributed by atoms with Crippen LogP contribution in [0.4, 0.5) is 10.1 Å². The lowest BCUT2D eigenvalue weighted by Crippen LogP contribution is -1.95. The van der Waals surface area contributed by atoms with Crippen molar-refractivity contribution in [3.63, 3.8) is 0 Å². The standard InChI is InChI=1S/C10H7FN2O2/c11-9-7-8(12-5-1-2-6-12)3-4-10(9)13(14)15/h1-7H. The molecule has 0 aliphatic heterocycles. The van der Waals surface area contributed by atoms with E-state index in [2.05, 4.69) is 0 Å². The SMILES string of the molecule is O=[N+]([O-])c1ccc(-n2cccc2)cc1F. The first kappa shape index (κ1) is 9.39. The molecular weight excluding hydrogens is 199 g/mol. The van der Waals surface area contributed by atoms with Gasteiger partial charge in [-0.15, -0.1) is 0 Å². The van der Waals surface area contributed by atoms with Gasteiger partial charge in [0, 0.05) is 30.2 Å². The lowest BCUT2D eigenvalue weighted by Gasteiger charge is -2.02. The lowest BCUT2D eigenvalue weighted by molar-refractivity contribution is -0.387. The number of nitrogens with zero attached hydrogens (tertiary/aromatic N) is 2. The number of hydrogen-bond acceptors (Lipinski definition) is 2. The zero-order valence-corrected chi connectivity index (χ0v) is 7.63. The molecule has 0 atom stereocenters. The van der Waals surface area contributed by atoms with E-state index in [1.807, 2.05) is 0 Å². The van der Waals surface area contributed by atoms with Crippen LogP contribution in [-0.4, -0.2) is 9.49 Å². The highest BCUT2D eigenvalue weighted by Crippen LogP contribution is 2.20. The molecule has 1 aromatic carbocycles. The Hall–Kier alpha value is -2.17. The van der Waals surface area contributed by atoms with Crippen LogP contribution in [-0.2, 0) is 0 Å². The predicted octanol–water partition coefficient (Wildman–Crippen LogP) is 2.52. The molecule has 15 heavy (non-hydrogen) atoms. The molecule has 2 rings (SSSR count). The van der Waals surface area contributed by atoms with Gasteiger partial charge in [0.15, 0.2) is 0 Å². The quantitative estimate of drug-likeness (QED) is 0.560. The minimum absolute atomic E-state index is 0.508. The van der Waals surface area contributed by atoms with Crippen molar-refractivity contribution in [1.82, 2.24) is 4.57 Å². The second kappa shape index (κ2) is 3.53. The third-order valence-electron chi connectivity index (χ3n) is 2.03. The second-order valence-corrected chi connectivity index (χ2v) is 2.98. The van der Waals surface area contributed by atoms with Crippen molar-refractivity contribution in [1.29, 1.82) is 0 Å². The lowest BCUT2D eigenvalue weighted by atomic mass is 10.2. The van der Waals surface area contributed by atoms with Crippen molar-refractivity contribution in [2.24, 2.45) is 0 Å².